The van der Waals surface area contributed by atoms with Crippen LogP contribution in [0.25, 0.3) is 11.0 Å². The summed E-state index contributed by atoms with van der Waals surface area (Å²) in [5, 5.41) is 1.19. The molecule has 0 fully saturated rings. The minimum absolute atomic E-state index is 0.204. The van der Waals surface area contributed by atoms with E-state index < -0.39 is 0 Å². The van der Waals surface area contributed by atoms with Gasteiger partial charge in [0.05, 0.1) is 6.04 Å². The maximum atomic E-state index is 6.06. The molecule has 1 atom stereocenters. The molecule has 0 aliphatic carbocycles. The van der Waals surface area contributed by atoms with Crippen LogP contribution in [-0.2, 0) is 0 Å². The fraction of sp³-hybridized carbons (Fsp3) is 0.529. The van der Waals surface area contributed by atoms with Crippen molar-refractivity contribution in [3.63, 3.8) is 0 Å². The highest BCUT2D eigenvalue weighted by atomic mass is 16.3. The third-order valence-corrected chi connectivity index (χ3v) is 4.02. The molecule has 4 heteroatoms. The first-order valence-corrected chi connectivity index (χ1v) is 7.57. The summed E-state index contributed by atoms with van der Waals surface area (Å²) in [6, 6.07) is 8.41. The number of aryl methyl sites for hydroxylation is 1. The Bertz CT molecular complexity index is 576. The van der Waals surface area contributed by atoms with Crippen molar-refractivity contribution >= 4 is 11.0 Å². The number of nitrogens with zero attached hydrogens (tertiary/aromatic N) is 2. The van der Waals surface area contributed by atoms with E-state index in [0.29, 0.717) is 6.54 Å². The Morgan fingerprint density at radius 3 is 2.52 bits per heavy atom. The molecule has 116 valence electrons. The fourth-order valence-corrected chi connectivity index (χ4v) is 2.91. The molecule has 1 aromatic heterocycles. The maximum absolute atomic E-state index is 6.06. The molecular weight excluding hydrogens is 262 g/mol. The molecule has 0 radical (unpaired) electrons. The van der Waals surface area contributed by atoms with Gasteiger partial charge in [0.15, 0.2) is 0 Å². The normalized spacial score (nSPS) is 13.5. The number of likely N-dealkylation sites (N-methyl/N-ethyl adjacent to an activating group) is 1. The molecule has 1 unspecified atom stereocenters. The molecule has 1 aromatic carbocycles. The third-order valence-electron chi connectivity index (χ3n) is 4.02. The lowest BCUT2D eigenvalue weighted by molar-refractivity contribution is 0.234. The molecule has 1 heterocycles. The second-order valence-corrected chi connectivity index (χ2v) is 5.96. The van der Waals surface area contributed by atoms with Crippen molar-refractivity contribution in [2.75, 3.05) is 40.8 Å². The summed E-state index contributed by atoms with van der Waals surface area (Å²) in [6.07, 6.45) is 1.13. The summed E-state index contributed by atoms with van der Waals surface area (Å²) in [5.41, 5.74) is 8.25. The van der Waals surface area contributed by atoms with E-state index in [-0.39, 0.29) is 6.04 Å². The third kappa shape index (κ3) is 3.64. The highest BCUT2D eigenvalue weighted by molar-refractivity contribution is 5.82. The largest absolute Gasteiger partial charge is 0.461 e. The molecular formula is C17H27N3O. The quantitative estimate of drug-likeness (QED) is 0.851. The van der Waals surface area contributed by atoms with Crippen molar-refractivity contribution in [2.45, 2.75) is 19.4 Å². The smallest absolute Gasteiger partial charge is 0.134 e. The number of rotatable bonds is 7. The summed E-state index contributed by atoms with van der Waals surface area (Å²) < 4.78 is 5.88. The molecule has 2 N–H and O–H groups in total. The Hall–Kier alpha value is -1.36. The topological polar surface area (TPSA) is 45.6 Å². The van der Waals surface area contributed by atoms with Crippen LogP contribution in [0.2, 0.25) is 0 Å². The predicted octanol–water partition coefficient (Wildman–Crippen LogP) is 2.62. The van der Waals surface area contributed by atoms with Crippen LogP contribution in [-0.4, -0.2) is 50.6 Å². The number of nitrogens with two attached hydrogens (primary N) is 1. The summed E-state index contributed by atoms with van der Waals surface area (Å²) in [7, 11) is 6.36. The number of hydrogen-bond acceptors (Lipinski definition) is 4. The number of para-hydroxylation sites is 1. The molecule has 0 spiro atoms. The Kier molecular flexibility index (Phi) is 5.39. The van der Waals surface area contributed by atoms with E-state index in [9.17, 15) is 0 Å². The van der Waals surface area contributed by atoms with Crippen molar-refractivity contribution in [2.24, 2.45) is 5.73 Å². The molecule has 0 aliphatic heterocycles. The van der Waals surface area contributed by atoms with Crippen LogP contribution >= 0.6 is 0 Å². The molecule has 0 bridgehead atoms. The van der Waals surface area contributed by atoms with Crippen molar-refractivity contribution in [1.29, 1.82) is 0 Å². The van der Waals surface area contributed by atoms with Gasteiger partial charge in [-0.05, 0) is 53.6 Å². The van der Waals surface area contributed by atoms with Crippen LogP contribution in [0.4, 0.5) is 0 Å². The zero-order valence-electron chi connectivity index (χ0n) is 13.6. The van der Waals surface area contributed by atoms with Gasteiger partial charge in [-0.25, -0.2) is 0 Å². The van der Waals surface area contributed by atoms with Gasteiger partial charge in [0.25, 0.3) is 0 Å². The van der Waals surface area contributed by atoms with Crippen LogP contribution in [0.3, 0.4) is 0 Å². The molecule has 2 rings (SSSR count). The lowest BCUT2D eigenvalue weighted by Gasteiger charge is -2.27. The maximum Gasteiger partial charge on any atom is 0.134 e. The van der Waals surface area contributed by atoms with Gasteiger partial charge in [-0.3, -0.25) is 4.90 Å². The van der Waals surface area contributed by atoms with Gasteiger partial charge >= 0.3 is 0 Å². The van der Waals surface area contributed by atoms with Gasteiger partial charge in [-0.1, -0.05) is 18.2 Å². The van der Waals surface area contributed by atoms with Gasteiger partial charge < -0.3 is 15.1 Å². The molecule has 0 aliphatic rings. The van der Waals surface area contributed by atoms with Crippen molar-refractivity contribution in [3.05, 3.63) is 35.6 Å². The highest BCUT2D eigenvalue weighted by Gasteiger charge is 2.22. The van der Waals surface area contributed by atoms with Gasteiger partial charge in [0, 0.05) is 17.5 Å². The average Bonchev–Trinajstić information content (AvgIpc) is 2.76. The molecule has 0 saturated carbocycles. The second kappa shape index (κ2) is 7.07. The second-order valence-electron chi connectivity index (χ2n) is 5.96. The summed E-state index contributed by atoms with van der Waals surface area (Å²) in [4.78, 5) is 4.55. The molecule has 4 nitrogen and oxygen atoms in total. The van der Waals surface area contributed by atoms with Crippen LogP contribution in [0.1, 0.15) is 23.8 Å². The highest BCUT2D eigenvalue weighted by Crippen LogP contribution is 2.32. The van der Waals surface area contributed by atoms with Gasteiger partial charge in [0.2, 0.25) is 0 Å². The number of furan rings is 1. The Morgan fingerprint density at radius 1 is 1.14 bits per heavy atom. The first-order chi connectivity index (χ1) is 10.0. The summed E-state index contributed by atoms with van der Waals surface area (Å²) in [6.45, 7) is 4.75. The molecule has 0 amide bonds. The standard InChI is InChI=1S/C17H27N3O/c1-13-17(14-8-5-6-9-16(14)21-13)15(12-18)20(4)11-7-10-19(2)3/h5-6,8-9,15H,7,10-12,18H2,1-4H3. The van der Waals surface area contributed by atoms with Crippen LogP contribution < -0.4 is 5.73 Å². The van der Waals surface area contributed by atoms with E-state index in [1.54, 1.807) is 0 Å². The van der Waals surface area contributed by atoms with Gasteiger partial charge in [0.1, 0.15) is 11.3 Å². The first kappa shape index (κ1) is 16.0. The van der Waals surface area contributed by atoms with E-state index >= 15 is 0 Å². The first-order valence-electron chi connectivity index (χ1n) is 7.57. The van der Waals surface area contributed by atoms with Crippen molar-refractivity contribution in [1.82, 2.24) is 9.80 Å². The van der Waals surface area contributed by atoms with Crippen LogP contribution in [0.15, 0.2) is 28.7 Å². The molecule has 2 aromatic rings. The van der Waals surface area contributed by atoms with E-state index in [4.69, 9.17) is 10.2 Å². The minimum Gasteiger partial charge on any atom is -0.461 e. The zero-order chi connectivity index (χ0) is 15.4. The SMILES string of the molecule is Cc1oc2ccccc2c1C(CN)N(C)CCCN(C)C. The van der Waals surface area contributed by atoms with Crippen molar-refractivity contribution < 1.29 is 4.42 Å². The van der Waals surface area contributed by atoms with E-state index in [2.05, 4.69) is 43.1 Å². The number of hydrogen-bond donors (Lipinski definition) is 1. The molecule has 21 heavy (non-hydrogen) atoms. The summed E-state index contributed by atoms with van der Waals surface area (Å²) >= 11 is 0. The van der Waals surface area contributed by atoms with E-state index in [0.717, 1.165) is 30.9 Å². The van der Waals surface area contributed by atoms with Gasteiger partial charge in [-0.2, -0.15) is 0 Å². The van der Waals surface area contributed by atoms with Crippen molar-refractivity contribution in [3.8, 4) is 0 Å². The predicted molar refractivity (Wildman–Crippen MR) is 88.5 cm³/mol. The summed E-state index contributed by atoms with van der Waals surface area (Å²) in [5.74, 6) is 0.978. The van der Waals surface area contributed by atoms with Crippen LogP contribution in [0, 0.1) is 6.92 Å². The molecule has 0 saturated heterocycles. The fourth-order valence-electron chi connectivity index (χ4n) is 2.91. The number of benzene rings is 1. The van der Waals surface area contributed by atoms with E-state index in [1.165, 1.54) is 10.9 Å². The van der Waals surface area contributed by atoms with E-state index in [1.807, 2.05) is 19.1 Å². The Labute approximate surface area is 127 Å². The van der Waals surface area contributed by atoms with Gasteiger partial charge in [-0.15, -0.1) is 0 Å². The monoisotopic (exact) mass is 289 g/mol. The Balaban J connectivity index is 2.21. The number of fused-ring (bicyclic) bond motifs is 1. The average molecular weight is 289 g/mol. The zero-order valence-corrected chi connectivity index (χ0v) is 13.6. The Morgan fingerprint density at radius 2 is 1.86 bits per heavy atom. The minimum atomic E-state index is 0.204. The lowest BCUT2D eigenvalue weighted by atomic mass is 10.0. The lowest BCUT2D eigenvalue weighted by Crippen LogP contribution is -2.32. The van der Waals surface area contributed by atoms with Crippen LogP contribution in [0.5, 0.6) is 0 Å².